The van der Waals surface area contributed by atoms with Gasteiger partial charge < -0.3 is 9.47 Å². The van der Waals surface area contributed by atoms with Crippen LogP contribution in [0.4, 0.5) is 4.39 Å². The van der Waals surface area contributed by atoms with Gasteiger partial charge in [0.2, 0.25) is 10.0 Å². The van der Waals surface area contributed by atoms with Crippen molar-refractivity contribution in [1.82, 2.24) is 4.72 Å². The Hall–Kier alpha value is -2.90. The second-order valence-corrected chi connectivity index (χ2v) is 8.54. The summed E-state index contributed by atoms with van der Waals surface area (Å²) in [6, 6.07) is 19.8. The summed E-state index contributed by atoms with van der Waals surface area (Å²) in [6.45, 7) is 0. The van der Waals surface area contributed by atoms with Crippen LogP contribution in [0.1, 0.15) is 11.1 Å². The minimum atomic E-state index is -3.91. The Labute approximate surface area is 176 Å². The summed E-state index contributed by atoms with van der Waals surface area (Å²) >= 11 is 0. The molecule has 0 aliphatic rings. The van der Waals surface area contributed by atoms with Crippen LogP contribution in [0.5, 0.6) is 11.5 Å². The van der Waals surface area contributed by atoms with Crippen molar-refractivity contribution < 1.29 is 22.3 Å². The van der Waals surface area contributed by atoms with Crippen molar-refractivity contribution in [1.29, 1.82) is 0 Å². The monoisotopic (exact) mass is 429 g/mol. The molecule has 1 unspecified atom stereocenters. The first kappa shape index (κ1) is 21.8. The van der Waals surface area contributed by atoms with Crippen LogP contribution in [0.25, 0.3) is 0 Å². The van der Waals surface area contributed by atoms with E-state index in [2.05, 4.69) is 4.72 Å². The summed E-state index contributed by atoms with van der Waals surface area (Å²) in [6.07, 6.45) is 0.879. The maximum absolute atomic E-state index is 13.3. The average Bonchev–Trinajstić information content (AvgIpc) is 2.75. The molecule has 3 rings (SSSR count). The molecule has 0 spiro atoms. The summed E-state index contributed by atoms with van der Waals surface area (Å²) in [7, 11) is -1.02. The average molecular weight is 430 g/mol. The molecule has 158 valence electrons. The van der Waals surface area contributed by atoms with Gasteiger partial charge in [-0.2, -0.15) is 0 Å². The zero-order valence-electron chi connectivity index (χ0n) is 16.8. The van der Waals surface area contributed by atoms with Crippen LogP contribution in [0, 0.1) is 5.82 Å². The van der Waals surface area contributed by atoms with Gasteiger partial charge in [0.15, 0.2) is 0 Å². The van der Waals surface area contributed by atoms with Gasteiger partial charge in [0.1, 0.15) is 22.2 Å². The zero-order valence-corrected chi connectivity index (χ0v) is 17.7. The smallest absolute Gasteiger partial charge is 0.244 e. The molecule has 0 bridgehead atoms. The highest BCUT2D eigenvalue weighted by Gasteiger charge is 2.25. The highest BCUT2D eigenvalue weighted by molar-refractivity contribution is 7.89. The van der Waals surface area contributed by atoms with Crippen LogP contribution in [-0.4, -0.2) is 28.7 Å². The number of hydrogen-bond acceptors (Lipinski definition) is 4. The first-order chi connectivity index (χ1) is 14.4. The highest BCUT2D eigenvalue weighted by atomic mass is 32.2. The molecule has 0 amide bonds. The molecule has 0 radical (unpaired) electrons. The van der Waals surface area contributed by atoms with E-state index in [1.807, 2.05) is 30.3 Å². The number of nitrogens with one attached hydrogen (secondary N) is 1. The molecule has 3 aromatic carbocycles. The Bertz CT molecular complexity index is 1070. The summed E-state index contributed by atoms with van der Waals surface area (Å²) in [5.74, 6) is 0.304. The van der Waals surface area contributed by atoms with Crippen LogP contribution in [-0.2, 0) is 22.9 Å². The van der Waals surface area contributed by atoms with Gasteiger partial charge in [0, 0.05) is 12.1 Å². The van der Waals surface area contributed by atoms with E-state index in [1.54, 1.807) is 24.3 Å². The molecular weight excluding hydrogens is 405 g/mol. The SMILES string of the molecule is COc1ccc(OC)c(S(=O)(=O)NC(Cc2ccccc2)Cc2ccc(F)cc2)c1. The minimum absolute atomic E-state index is 0.00141. The molecule has 5 nitrogen and oxygen atoms in total. The minimum Gasteiger partial charge on any atom is -0.497 e. The van der Waals surface area contributed by atoms with Crippen molar-refractivity contribution in [3.05, 3.63) is 89.7 Å². The van der Waals surface area contributed by atoms with E-state index in [0.29, 0.717) is 18.6 Å². The van der Waals surface area contributed by atoms with Crippen LogP contribution in [0.15, 0.2) is 77.7 Å². The lowest BCUT2D eigenvalue weighted by molar-refractivity contribution is 0.391. The largest absolute Gasteiger partial charge is 0.497 e. The Morgan fingerprint density at radius 2 is 1.50 bits per heavy atom. The third-order valence-corrected chi connectivity index (χ3v) is 6.24. The predicted octanol–water partition coefficient (Wildman–Crippen LogP) is 3.98. The summed E-state index contributed by atoms with van der Waals surface area (Å²) in [5, 5.41) is 0. The zero-order chi connectivity index (χ0) is 21.6. The van der Waals surface area contributed by atoms with Gasteiger partial charge in [-0.25, -0.2) is 17.5 Å². The molecule has 1 atom stereocenters. The number of hydrogen-bond donors (Lipinski definition) is 1. The number of sulfonamides is 1. The molecule has 0 saturated carbocycles. The number of methoxy groups -OCH3 is 2. The Morgan fingerprint density at radius 1 is 0.867 bits per heavy atom. The third-order valence-electron chi connectivity index (χ3n) is 4.70. The molecule has 0 fully saturated rings. The van der Waals surface area contributed by atoms with E-state index in [9.17, 15) is 12.8 Å². The number of halogens is 1. The van der Waals surface area contributed by atoms with Gasteiger partial charge in [0.25, 0.3) is 0 Å². The summed E-state index contributed by atoms with van der Waals surface area (Å²) in [5.41, 5.74) is 1.82. The van der Waals surface area contributed by atoms with Gasteiger partial charge in [0.05, 0.1) is 14.2 Å². The van der Waals surface area contributed by atoms with Crippen molar-refractivity contribution in [2.75, 3.05) is 14.2 Å². The molecule has 7 heteroatoms. The van der Waals surface area contributed by atoms with Crippen molar-refractivity contribution in [2.45, 2.75) is 23.8 Å². The molecule has 0 aromatic heterocycles. The van der Waals surface area contributed by atoms with Crippen LogP contribution in [0.3, 0.4) is 0 Å². The number of ether oxygens (including phenoxy) is 2. The van der Waals surface area contributed by atoms with E-state index in [0.717, 1.165) is 11.1 Å². The van der Waals surface area contributed by atoms with E-state index >= 15 is 0 Å². The van der Waals surface area contributed by atoms with E-state index in [4.69, 9.17) is 9.47 Å². The van der Waals surface area contributed by atoms with Gasteiger partial charge in [-0.15, -0.1) is 0 Å². The Morgan fingerprint density at radius 3 is 2.10 bits per heavy atom. The first-order valence-electron chi connectivity index (χ1n) is 9.44. The number of benzene rings is 3. The van der Waals surface area contributed by atoms with Crippen LogP contribution in [0.2, 0.25) is 0 Å². The molecule has 1 N–H and O–H groups in total. The quantitative estimate of drug-likeness (QED) is 0.559. The molecule has 0 heterocycles. The molecule has 3 aromatic rings. The lowest BCUT2D eigenvalue weighted by Gasteiger charge is -2.20. The van der Waals surface area contributed by atoms with Crippen LogP contribution < -0.4 is 14.2 Å². The van der Waals surface area contributed by atoms with Crippen molar-refractivity contribution in [3.63, 3.8) is 0 Å². The van der Waals surface area contributed by atoms with Crippen molar-refractivity contribution in [3.8, 4) is 11.5 Å². The maximum atomic E-state index is 13.3. The fraction of sp³-hybridized carbons (Fsp3) is 0.217. The van der Waals surface area contributed by atoms with E-state index < -0.39 is 16.1 Å². The summed E-state index contributed by atoms with van der Waals surface area (Å²) in [4.78, 5) is 0.00141. The number of rotatable bonds is 9. The molecule has 0 saturated heterocycles. The lowest BCUT2D eigenvalue weighted by atomic mass is 10.00. The van der Waals surface area contributed by atoms with Gasteiger partial charge in [-0.3, -0.25) is 0 Å². The molecular formula is C23H24FNO4S. The second-order valence-electron chi connectivity index (χ2n) is 6.86. The topological polar surface area (TPSA) is 64.6 Å². The third kappa shape index (κ3) is 5.58. The van der Waals surface area contributed by atoms with Gasteiger partial charge in [-0.1, -0.05) is 42.5 Å². The molecule has 0 aliphatic carbocycles. The predicted molar refractivity (Wildman–Crippen MR) is 114 cm³/mol. The fourth-order valence-corrected chi connectivity index (χ4v) is 4.66. The fourth-order valence-electron chi connectivity index (χ4n) is 3.24. The molecule has 0 aliphatic heterocycles. The van der Waals surface area contributed by atoms with Gasteiger partial charge in [-0.05, 0) is 48.2 Å². The maximum Gasteiger partial charge on any atom is 0.244 e. The van der Waals surface area contributed by atoms with Crippen LogP contribution >= 0.6 is 0 Å². The van der Waals surface area contributed by atoms with E-state index in [1.165, 1.54) is 32.4 Å². The molecule has 30 heavy (non-hydrogen) atoms. The van der Waals surface area contributed by atoms with Gasteiger partial charge >= 0.3 is 0 Å². The highest BCUT2D eigenvalue weighted by Crippen LogP contribution is 2.28. The standard InChI is InChI=1S/C23H24FNO4S/c1-28-21-12-13-22(29-2)23(16-21)30(26,27)25-20(14-17-6-4-3-5-7-17)15-18-8-10-19(24)11-9-18/h3-13,16,20,25H,14-15H2,1-2H3. The van der Waals surface area contributed by atoms with E-state index in [-0.39, 0.29) is 16.5 Å². The normalized spacial score (nSPS) is 12.4. The summed E-state index contributed by atoms with van der Waals surface area (Å²) < 4.78 is 52.9. The van der Waals surface area contributed by atoms with Crippen molar-refractivity contribution >= 4 is 10.0 Å². The second kappa shape index (κ2) is 9.73. The lowest BCUT2D eigenvalue weighted by Crippen LogP contribution is -2.38. The Balaban J connectivity index is 1.91. The Kier molecular flexibility index (Phi) is 7.07. The van der Waals surface area contributed by atoms with Crippen molar-refractivity contribution in [2.24, 2.45) is 0 Å². The first-order valence-corrected chi connectivity index (χ1v) is 10.9.